The molecule has 2 aromatic heterocycles. The van der Waals surface area contributed by atoms with Crippen molar-refractivity contribution in [3.63, 3.8) is 0 Å². The Bertz CT molecular complexity index is 1470. The summed E-state index contributed by atoms with van der Waals surface area (Å²) in [6.07, 6.45) is 4.90. The molecule has 0 aliphatic heterocycles. The second-order valence-corrected chi connectivity index (χ2v) is 7.76. The first kappa shape index (κ1) is 22.5. The third-order valence-corrected chi connectivity index (χ3v) is 5.30. The summed E-state index contributed by atoms with van der Waals surface area (Å²) in [7, 11) is 0. The Morgan fingerprint density at radius 3 is 2.11 bits per heavy atom. The second-order valence-electron chi connectivity index (χ2n) is 7.76. The molecule has 0 saturated heterocycles. The van der Waals surface area contributed by atoms with Crippen LogP contribution in [0, 0.1) is 0 Å². The molecule has 0 fully saturated rings. The van der Waals surface area contributed by atoms with Crippen molar-refractivity contribution in [2.45, 2.75) is 0 Å². The molecule has 2 N–H and O–H groups in total. The van der Waals surface area contributed by atoms with E-state index in [0.29, 0.717) is 28.3 Å². The number of pyridine rings is 1. The summed E-state index contributed by atoms with van der Waals surface area (Å²) in [5.74, 6) is 0.200. The fourth-order valence-electron chi connectivity index (χ4n) is 3.53. The number of nitrogens with one attached hydrogen (secondary N) is 2. The van der Waals surface area contributed by atoms with Gasteiger partial charge in [0.05, 0.1) is 17.4 Å². The van der Waals surface area contributed by atoms with Crippen LogP contribution in [0.25, 0.3) is 16.9 Å². The van der Waals surface area contributed by atoms with Crippen LogP contribution in [-0.2, 0) is 0 Å². The van der Waals surface area contributed by atoms with Crippen LogP contribution in [0.3, 0.4) is 0 Å². The Labute approximate surface area is 207 Å². The van der Waals surface area contributed by atoms with Crippen LogP contribution >= 0.6 is 0 Å². The lowest BCUT2D eigenvalue weighted by molar-refractivity contribution is 0.0847. The quantitative estimate of drug-likeness (QED) is 0.344. The van der Waals surface area contributed by atoms with Gasteiger partial charge in [-0.15, -0.1) is 0 Å². The van der Waals surface area contributed by atoms with Crippen LogP contribution in [0.5, 0.6) is 11.5 Å². The van der Waals surface area contributed by atoms with E-state index in [1.165, 1.54) is 0 Å². The second kappa shape index (κ2) is 10.4. The summed E-state index contributed by atoms with van der Waals surface area (Å²) in [6.45, 7) is 0. The molecule has 0 saturated carbocycles. The zero-order valence-corrected chi connectivity index (χ0v) is 19.0. The summed E-state index contributed by atoms with van der Waals surface area (Å²) in [5.41, 5.74) is 7.75. The van der Waals surface area contributed by atoms with Gasteiger partial charge in [0.15, 0.2) is 0 Å². The van der Waals surface area contributed by atoms with Crippen LogP contribution in [0.1, 0.15) is 20.7 Å². The summed E-state index contributed by atoms with van der Waals surface area (Å²) in [5, 5.41) is 4.63. The number of amides is 2. The SMILES string of the molecule is O=C(NNC(=O)c1cn(-c2ccccc2)nc1-c1ccccc1)c1ccc(Oc2cccnc2)cc1. The summed E-state index contributed by atoms with van der Waals surface area (Å²) in [4.78, 5) is 29.7. The fraction of sp³-hybridized carbons (Fsp3) is 0. The summed E-state index contributed by atoms with van der Waals surface area (Å²) >= 11 is 0. The first-order valence-electron chi connectivity index (χ1n) is 11.2. The normalized spacial score (nSPS) is 10.4. The third-order valence-electron chi connectivity index (χ3n) is 5.30. The number of para-hydroxylation sites is 1. The van der Waals surface area contributed by atoms with Crippen LogP contribution in [0.2, 0.25) is 0 Å². The molecule has 3 aromatic carbocycles. The molecular weight excluding hydrogens is 454 g/mol. The Morgan fingerprint density at radius 1 is 0.722 bits per heavy atom. The fourth-order valence-corrected chi connectivity index (χ4v) is 3.53. The van der Waals surface area contributed by atoms with Crippen LogP contribution in [0.4, 0.5) is 0 Å². The van der Waals surface area contributed by atoms with Gasteiger partial charge in [-0.1, -0.05) is 48.5 Å². The van der Waals surface area contributed by atoms with E-state index in [9.17, 15) is 9.59 Å². The van der Waals surface area contributed by atoms with E-state index in [0.717, 1.165) is 11.3 Å². The van der Waals surface area contributed by atoms with Gasteiger partial charge in [-0.25, -0.2) is 4.68 Å². The number of hydrogen-bond donors (Lipinski definition) is 2. The highest BCUT2D eigenvalue weighted by atomic mass is 16.5. The molecule has 0 spiro atoms. The van der Waals surface area contributed by atoms with Crippen molar-refractivity contribution < 1.29 is 14.3 Å². The Morgan fingerprint density at radius 2 is 1.42 bits per heavy atom. The third kappa shape index (κ3) is 5.13. The van der Waals surface area contributed by atoms with Gasteiger partial charge in [0.2, 0.25) is 0 Å². The highest BCUT2D eigenvalue weighted by molar-refractivity contribution is 6.02. The molecule has 36 heavy (non-hydrogen) atoms. The van der Waals surface area contributed by atoms with Crippen molar-refractivity contribution in [2.24, 2.45) is 0 Å². The van der Waals surface area contributed by atoms with E-state index in [1.807, 2.05) is 60.7 Å². The smallest absolute Gasteiger partial charge is 0.273 e. The number of nitrogens with zero attached hydrogens (tertiary/aromatic N) is 3. The van der Waals surface area contributed by atoms with Gasteiger partial charge in [-0.05, 0) is 48.5 Å². The predicted octanol–water partition coefficient (Wildman–Crippen LogP) is 4.80. The van der Waals surface area contributed by atoms with Crippen molar-refractivity contribution in [1.29, 1.82) is 0 Å². The molecule has 0 bridgehead atoms. The van der Waals surface area contributed by atoms with Crippen LogP contribution < -0.4 is 15.6 Å². The van der Waals surface area contributed by atoms with Crippen molar-refractivity contribution in [1.82, 2.24) is 25.6 Å². The molecule has 2 amide bonds. The molecular formula is C28H21N5O3. The Balaban J connectivity index is 1.30. The maximum absolute atomic E-state index is 13.1. The number of hydrogen-bond acceptors (Lipinski definition) is 5. The minimum absolute atomic E-state index is 0.325. The Kier molecular flexibility index (Phi) is 6.48. The number of benzene rings is 3. The zero-order valence-electron chi connectivity index (χ0n) is 19.0. The van der Waals surface area contributed by atoms with Gasteiger partial charge < -0.3 is 4.74 Å². The lowest BCUT2D eigenvalue weighted by atomic mass is 10.1. The molecule has 0 aliphatic carbocycles. The molecule has 0 aliphatic rings. The lowest BCUT2D eigenvalue weighted by Gasteiger charge is -2.09. The largest absolute Gasteiger partial charge is 0.456 e. The molecule has 2 heterocycles. The molecule has 8 heteroatoms. The predicted molar refractivity (Wildman–Crippen MR) is 135 cm³/mol. The molecule has 0 unspecified atom stereocenters. The van der Waals surface area contributed by atoms with Gasteiger partial charge in [-0.2, -0.15) is 5.10 Å². The number of carbonyl (C=O) groups excluding carboxylic acids is 2. The molecule has 5 rings (SSSR count). The van der Waals surface area contributed by atoms with Crippen molar-refractivity contribution >= 4 is 11.8 Å². The van der Waals surface area contributed by atoms with Gasteiger partial charge >= 0.3 is 0 Å². The molecule has 5 aromatic rings. The lowest BCUT2D eigenvalue weighted by Crippen LogP contribution is -2.41. The van der Waals surface area contributed by atoms with E-state index in [1.54, 1.807) is 59.7 Å². The Hall–Kier alpha value is -5.24. The first-order valence-corrected chi connectivity index (χ1v) is 11.2. The van der Waals surface area contributed by atoms with E-state index < -0.39 is 11.8 Å². The standard InChI is InChI=1S/C28H21N5O3/c34-27(21-13-15-23(16-14-21)36-24-12-7-17-29-18-24)30-31-28(35)25-19-33(22-10-5-2-6-11-22)32-26(25)20-8-3-1-4-9-20/h1-19H,(H,30,34)(H,31,35). The summed E-state index contributed by atoms with van der Waals surface area (Å²) < 4.78 is 7.33. The van der Waals surface area contributed by atoms with Gasteiger partial charge in [0, 0.05) is 23.5 Å². The van der Waals surface area contributed by atoms with E-state index in [4.69, 9.17) is 4.74 Å². The average molecular weight is 476 g/mol. The van der Waals surface area contributed by atoms with Crippen molar-refractivity contribution in [3.8, 4) is 28.4 Å². The van der Waals surface area contributed by atoms with Crippen molar-refractivity contribution in [2.75, 3.05) is 0 Å². The number of aromatic nitrogens is 3. The average Bonchev–Trinajstić information content (AvgIpc) is 3.39. The molecule has 0 radical (unpaired) electrons. The molecule has 0 atom stereocenters. The highest BCUT2D eigenvalue weighted by Gasteiger charge is 2.19. The number of rotatable bonds is 6. The molecule has 8 nitrogen and oxygen atoms in total. The van der Waals surface area contributed by atoms with E-state index in [-0.39, 0.29) is 0 Å². The van der Waals surface area contributed by atoms with Gasteiger partial charge in [-0.3, -0.25) is 25.4 Å². The van der Waals surface area contributed by atoms with Crippen LogP contribution in [-0.4, -0.2) is 26.6 Å². The van der Waals surface area contributed by atoms with Gasteiger partial charge in [0.1, 0.15) is 17.2 Å². The maximum Gasteiger partial charge on any atom is 0.273 e. The zero-order chi connectivity index (χ0) is 24.7. The molecule has 176 valence electrons. The minimum atomic E-state index is -0.485. The number of hydrazine groups is 1. The van der Waals surface area contributed by atoms with Crippen LogP contribution in [0.15, 0.2) is 116 Å². The van der Waals surface area contributed by atoms with Gasteiger partial charge in [0.25, 0.3) is 11.8 Å². The number of ether oxygens (including phenoxy) is 1. The summed E-state index contributed by atoms with van der Waals surface area (Å²) in [6, 6.07) is 29.0. The van der Waals surface area contributed by atoms with E-state index >= 15 is 0 Å². The van der Waals surface area contributed by atoms with E-state index in [2.05, 4.69) is 20.9 Å². The number of carbonyl (C=O) groups is 2. The maximum atomic E-state index is 13.1. The first-order chi connectivity index (χ1) is 17.7. The minimum Gasteiger partial charge on any atom is -0.456 e. The topological polar surface area (TPSA) is 98.1 Å². The van der Waals surface area contributed by atoms with Crippen molar-refractivity contribution in [3.05, 3.63) is 127 Å². The highest BCUT2D eigenvalue weighted by Crippen LogP contribution is 2.24. The monoisotopic (exact) mass is 475 g/mol.